The molecule has 1 atom stereocenters. The second-order valence-corrected chi connectivity index (χ2v) is 8.37. The monoisotopic (exact) mass is 457 g/mol. The van der Waals surface area contributed by atoms with Gasteiger partial charge in [0.05, 0.1) is 13.0 Å². The molecular formula is C27H27N3O4. The molecule has 0 spiro atoms. The van der Waals surface area contributed by atoms with Crippen LogP contribution in [0.1, 0.15) is 27.9 Å². The molecule has 174 valence electrons. The first kappa shape index (κ1) is 23.0. The van der Waals surface area contributed by atoms with E-state index >= 15 is 0 Å². The van der Waals surface area contributed by atoms with Crippen molar-refractivity contribution >= 4 is 34.8 Å². The summed E-state index contributed by atoms with van der Waals surface area (Å²) in [5.74, 6) is -0.255. The van der Waals surface area contributed by atoms with Crippen LogP contribution < -0.4 is 20.3 Å². The van der Waals surface area contributed by atoms with E-state index in [2.05, 4.69) is 10.6 Å². The number of carbonyl (C=O) groups excluding carboxylic acids is 3. The van der Waals surface area contributed by atoms with Crippen LogP contribution in [0.3, 0.4) is 0 Å². The zero-order valence-electron chi connectivity index (χ0n) is 19.4. The molecule has 1 saturated heterocycles. The first-order chi connectivity index (χ1) is 16.4. The lowest BCUT2D eigenvalue weighted by atomic mass is 10.1. The minimum absolute atomic E-state index is 0.0561. The lowest BCUT2D eigenvalue weighted by Crippen LogP contribution is -2.28. The standard InChI is InChI=1S/C27H27N3O4/c1-17-5-4-6-24(18(17)2)30-16-20(15-25(30)31)27(33)29-21-9-7-19(8-10-21)26(32)28-22-11-13-23(34-3)14-12-22/h4-14,20H,15-16H2,1-3H3,(H,28,32)(H,29,33). The molecule has 1 heterocycles. The van der Waals surface area contributed by atoms with Gasteiger partial charge < -0.3 is 20.3 Å². The number of anilines is 3. The van der Waals surface area contributed by atoms with E-state index in [-0.39, 0.29) is 24.1 Å². The Morgan fingerprint density at radius 2 is 1.56 bits per heavy atom. The van der Waals surface area contributed by atoms with E-state index in [0.29, 0.717) is 29.2 Å². The largest absolute Gasteiger partial charge is 0.497 e. The number of methoxy groups -OCH3 is 1. The van der Waals surface area contributed by atoms with Crippen molar-refractivity contribution in [3.05, 3.63) is 83.4 Å². The third-order valence-corrected chi connectivity index (χ3v) is 6.13. The summed E-state index contributed by atoms with van der Waals surface area (Å²) in [6.07, 6.45) is 0.168. The Morgan fingerprint density at radius 1 is 0.912 bits per heavy atom. The average Bonchev–Trinajstić information content (AvgIpc) is 3.23. The van der Waals surface area contributed by atoms with Gasteiger partial charge in [0.15, 0.2) is 0 Å². The van der Waals surface area contributed by atoms with Crippen molar-refractivity contribution in [3.8, 4) is 5.75 Å². The lowest BCUT2D eigenvalue weighted by molar-refractivity contribution is -0.122. The van der Waals surface area contributed by atoms with Crippen LogP contribution in [0.25, 0.3) is 0 Å². The number of rotatable bonds is 6. The maximum absolute atomic E-state index is 12.8. The second kappa shape index (κ2) is 9.79. The number of nitrogens with one attached hydrogen (secondary N) is 2. The SMILES string of the molecule is COc1ccc(NC(=O)c2ccc(NC(=O)C3CC(=O)N(c4cccc(C)c4C)C3)cc2)cc1. The second-order valence-electron chi connectivity index (χ2n) is 8.37. The summed E-state index contributed by atoms with van der Waals surface area (Å²) in [6.45, 7) is 4.33. The number of ether oxygens (including phenoxy) is 1. The van der Waals surface area contributed by atoms with E-state index < -0.39 is 5.92 Å². The highest BCUT2D eigenvalue weighted by Crippen LogP contribution is 2.30. The van der Waals surface area contributed by atoms with Gasteiger partial charge in [0.2, 0.25) is 11.8 Å². The van der Waals surface area contributed by atoms with Gasteiger partial charge in [-0.05, 0) is 79.6 Å². The summed E-state index contributed by atoms with van der Waals surface area (Å²) in [4.78, 5) is 39.6. The molecule has 1 aliphatic heterocycles. The molecule has 0 bridgehead atoms. The molecule has 1 fully saturated rings. The smallest absolute Gasteiger partial charge is 0.255 e. The lowest BCUT2D eigenvalue weighted by Gasteiger charge is -2.20. The van der Waals surface area contributed by atoms with Gasteiger partial charge in [-0.15, -0.1) is 0 Å². The van der Waals surface area contributed by atoms with Crippen molar-refractivity contribution in [3.63, 3.8) is 0 Å². The Labute approximate surface area is 198 Å². The van der Waals surface area contributed by atoms with Crippen molar-refractivity contribution in [1.82, 2.24) is 0 Å². The first-order valence-corrected chi connectivity index (χ1v) is 11.1. The number of hydrogen-bond donors (Lipinski definition) is 2. The predicted octanol–water partition coefficient (Wildman–Crippen LogP) is 4.56. The maximum atomic E-state index is 12.8. The fraction of sp³-hybridized carbons (Fsp3) is 0.222. The van der Waals surface area contributed by atoms with Gasteiger partial charge in [-0.3, -0.25) is 14.4 Å². The summed E-state index contributed by atoms with van der Waals surface area (Å²) >= 11 is 0. The summed E-state index contributed by atoms with van der Waals surface area (Å²) in [7, 11) is 1.58. The summed E-state index contributed by atoms with van der Waals surface area (Å²) in [5.41, 5.74) is 4.69. The van der Waals surface area contributed by atoms with Gasteiger partial charge in [-0.2, -0.15) is 0 Å². The van der Waals surface area contributed by atoms with Crippen molar-refractivity contribution < 1.29 is 19.1 Å². The fourth-order valence-electron chi connectivity index (χ4n) is 3.97. The summed E-state index contributed by atoms with van der Waals surface area (Å²) < 4.78 is 5.12. The van der Waals surface area contributed by atoms with Crippen LogP contribution in [0.5, 0.6) is 5.75 Å². The number of amides is 3. The quantitative estimate of drug-likeness (QED) is 0.568. The average molecular weight is 458 g/mol. The molecular weight excluding hydrogens is 430 g/mol. The summed E-state index contributed by atoms with van der Waals surface area (Å²) in [5, 5.41) is 5.69. The third-order valence-electron chi connectivity index (χ3n) is 6.13. The molecule has 3 aromatic rings. The molecule has 7 heteroatoms. The zero-order valence-corrected chi connectivity index (χ0v) is 19.4. The zero-order chi connectivity index (χ0) is 24.2. The molecule has 7 nitrogen and oxygen atoms in total. The van der Waals surface area contributed by atoms with Gasteiger partial charge in [0, 0.05) is 35.6 Å². The third kappa shape index (κ3) is 4.93. The molecule has 0 radical (unpaired) electrons. The highest BCUT2D eigenvalue weighted by molar-refractivity contribution is 6.06. The maximum Gasteiger partial charge on any atom is 0.255 e. The van der Waals surface area contributed by atoms with Crippen LogP contribution in [-0.4, -0.2) is 31.4 Å². The highest BCUT2D eigenvalue weighted by atomic mass is 16.5. The Balaban J connectivity index is 1.36. The molecule has 0 saturated carbocycles. The number of benzene rings is 3. The van der Waals surface area contributed by atoms with Crippen LogP contribution in [0.2, 0.25) is 0 Å². The predicted molar refractivity (Wildman–Crippen MR) is 132 cm³/mol. The molecule has 1 aliphatic rings. The molecule has 34 heavy (non-hydrogen) atoms. The van der Waals surface area contributed by atoms with Gasteiger partial charge in [0.25, 0.3) is 5.91 Å². The van der Waals surface area contributed by atoms with E-state index in [0.717, 1.165) is 16.8 Å². The number of hydrogen-bond acceptors (Lipinski definition) is 4. The molecule has 1 unspecified atom stereocenters. The van der Waals surface area contributed by atoms with Crippen molar-refractivity contribution in [2.24, 2.45) is 5.92 Å². The molecule has 4 rings (SSSR count). The van der Waals surface area contributed by atoms with E-state index in [1.807, 2.05) is 32.0 Å². The molecule has 3 aromatic carbocycles. The number of aryl methyl sites for hydroxylation is 1. The van der Waals surface area contributed by atoms with Crippen LogP contribution in [0.15, 0.2) is 66.7 Å². The van der Waals surface area contributed by atoms with E-state index in [9.17, 15) is 14.4 Å². The molecule has 2 N–H and O–H groups in total. The Morgan fingerprint density at radius 3 is 2.24 bits per heavy atom. The van der Waals surface area contributed by atoms with Gasteiger partial charge in [-0.25, -0.2) is 0 Å². The van der Waals surface area contributed by atoms with Crippen molar-refractivity contribution in [2.75, 3.05) is 29.2 Å². The fourth-order valence-corrected chi connectivity index (χ4v) is 3.97. The Kier molecular flexibility index (Phi) is 6.63. The van der Waals surface area contributed by atoms with Gasteiger partial charge in [0.1, 0.15) is 5.75 Å². The molecule has 0 aliphatic carbocycles. The van der Waals surface area contributed by atoms with Crippen LogP contribution in [0, 0.1) is 19.8 Å². The minimum Gasteiger partial charge on any atom is -0.497 e. The minimum atomic E-state index is -0.439. The van der Waals surface area contributed by atoms with Crippen molar-refractivity contribution in [1.29, 1.82) is 0 Å². The number of nitrogens with zero attached hydrogens (tertiary/aromatic N) is 1. The van der Waals surface area contributed by atoms with E-state index in [1.54, 1.807) is 60.5 Å². The van der Waals surface area contributed by atoms with Crippen LogP contribution >= 0.6 is 0 Å². The Hall–Kier alpha value is -4.13. The summed E-state index contributed by atoms with van der Waals surface area (Å²) in [6, 6.07) is 19.6. The molecule has 3 amide bonds. The Bertz CT molecular complexity index is 1220. The number of carbonyl (C=O) groups is 3. The van der Waals surface area contributed by atoms with E-state index in [1.165, 1.54) is 0 Å². The first-order valence-electron chi connectivity index (χ1n) is 11.1. The van der Waals surface area contributed by atoms with Crippen LogP contribution in [0.4, 0.5) is 17.1 Å². The highest BCUT2D eigenvalue weighted by Gasteiger charge is 2.35. The van der Waals surface area contributed by atoms with Crippen LogP contribution in [-0.2, 0) is 9.59 Å². The van der Waals surface area contributed by atoms with Gasteiger partial charge in [-0.1, -0.05) is 12.1 Å². The van der Waals surface area contributed by atoms with E-state index in [4.69, 9.17) is 4.74 Å². The molecule has 0 aromatic heterocycles. The van der Waals surface area contributed by atoms with Crippen molar-refractivity contribution in [2.45, 2.75) is 20.3 Å². The normalized spacial score (nSPS) is 15.2. The topological polar surface area (TPSA) is 87.7 Å². The van der Waals surface area contributed by atoms with Gasteiger partial charge >= 0.3 is 0 Å².